The number of aryl methyl sites for hydroxylation is 1. The van der Waals surface area contributed by atoms with Crippen LogP contribution < -0.4 is 9.64 Å². The van der Waals surface area contributed by atoms with Crippen LogP contribution in [0.5, 0.6) is 5.88 Å². The van der Waals surface area contributed by atoms with Crippen molar-refractivity contribution in [2.75, 3.05) is 18.1 Å². The van der Waals surface area contributed by atoms with Gasteiger partial charge in [0.25, 0.3) is 6.47 Å². The van der Waals surface area contributed by atoms with E-state index in [1.165, 1.54) is 22.7 Å². The summed E-state index contributed by atoms with van der Waals surface area (Å²) in [7, 11) is 0. The Morgan fingerprint density at radius 2 is 1.98 bits per heavy atom. The Bertz CT molecular complexity index is 1750. The predicted molar refractivity (Wildman–Crippen MR) is 159 cm³/mol. The third-order valence-electron chi connectivity index (χ3n) is 7.48. The summed E-state index contributed by atoms with van der Waals surface area (Å²) in [5.41, 5.74) is 6.03. The first-order chi connectivity index (χ1) is 20.9. The van der Waals surface area contributed by atoms with Crippen LogP contribution >= 0.6 is 11.6 Å². The summed E-state index contributed by atoms with van der Waals surface area (Å²) in [6.45, 7) is 6.40. The third kappa shape index (κ3) is 6.32. The van der Waals surface area contributed by atoms with Crippen molar-refractivity contribution in [1.29, 1.82) is 0 Å². The van der Waals surface area contributed by atoms with Crippen molar-refractivity contribution in [1.82, 2.24) is 24.3 Å². The van der Waals surface area contributed by atoms with Crippen LogP contribution in [-0.4, -0.2) is 49.1 Å². The van der Waals surface area contributed by atoms with Crippen LogP contribution in [0.2, 0.25) is 5.02 Å². The maximum atomic E-state index is 14.1. The second-order valence-corrected chi connectivity index (χ2v) is 11.1. The molecule has 2 aliphatic rings. The Morgan fingerprint density at radius 3 is 2.72 bits per heavy atom. The summed E-state index contributed by atoms with van der Waals surface area (Å²) in [5.74, 6) is 2.36. The van der Waals surface area contributed by atoms with Crippen molar-refractivity contribution in [3.8, 4) is 5.88 Å². The molecule has 3 aromatic heterocycles. The van der Waals surface area contributed by atoms with Crippen LogP contribution in [0.25, 0.3) is 11.0 Å². The van der Waals surface area contributed by atoms with Gasteiger partial charge in [-0.3, -0.25) is 9.48 Å². The first-order valence-electron chi connectivity index (χ1n) is 13.9. The second-order valence-electron chi connectivity index (χ2n) is 10.7. The Hall–Kier alpha value is -4.48. The summed E-state index contributed by atoms with van der Waals surface area (Å²) in [4.78, 5) is 20.1. The van der Waals surface area contributed by atoms with Gasteiger partial charge in [0, 0.05) is 47.4 Å². The molecule has 2 aliphatic heterocycles. The first kappa shape index (κ1) is 28.6. The largest absolute Gasteiger partial charge is 0.483 e. The summed E-state index contributed by atoms with van der Waals surface area (Å²) >= 11 is 5.85. The molecule has 0 aliphatic carbocycles. The lowest BCUT2D eigenvalue weighted by Crippen LogP contribution is -2.32. The molecule has 1 fully saturated rings. The Kier molecular flexibility index (Phi) is 8.26. The van der Waals surface area contributed by atoms with Crippen molar-refractivity contribution >= 4 is 34.9 Å². The zero-order valence-corrected chi connectivity index (χ0v) is 24.2. The van der Waals surface area contributed by atoms with Gasteiger partial charge in [0.15, 0.2) is 0 Å². The van der Waals surface area contributed by atoms with E-state index in [9.17, 15) is 4.39 Å². The predicted octanol–water partition coefficient (Wildman–Crippen LogP) is 5.22. The Morgan fingerprint density at radius 1 is 1.14 bits per heavy atom. The first-order valence-corrected chi connectivity index (χ1v) is 14.2. The summed E-state index contributed by atoms with van der Waals surface area (Å²) in [6.07, 6.45) is 2.11. The molecule has 12 heteroatoms. The average molecular weight is 605 g/mol. The monoisotopic (exact) mass is 604 g/mol. The van der Waals surface area contributed by atoms with Gasteiger partial charge in [-0.25, -0.2) is 9.37 Å². The fourth-order valence-corrected chi connectivity index (χ4v) is 5.46. The molecule has 0 unspecified atom stereocenters. The molecule has 2 aromatic carbocycles. The molecule has 0 bridgehead atoms. The highest BCUT2D eigenvalue weighted by molar-refractivity contribution is 6.30. The second kappa shape index (κ2) is 12.4. The third-order valence-corrected chi connectivity index (χ3v) is 7.72. The number of imidazole rings is 1. The number of aromatic nitrogens is 5. The summed E-state index contributed by atoms with van der Waals surface area (Å²) in [6, 6.07) is 16.6. The minimum Gasteiger partial charge on any atom is -0.483 e. The number of fused-ring (bicyclic) bond motifs is 2. The molecule has 43 heavy (non-hydrogen) atoms. The molecular weight excluding hydrogens is 575 g/mol. The highest BCUT2D eigenvalue weighted by atomic mass is 35.5. The van der Waals surface area contributed by atoms with E-state index >= 15 is 0 Å². The van der Waals surface area contributed by atoms with Crippen molar-refractivity contribution in [3.05, 3.63) is 99.8 Å². The van der Waals surface area contributed by atoms with E-state index in [4.69, 9.17) is 41.1 Å². The molecule has 10 nitrogen and oxygen atoms in total. The van der Waals surface area contributed by atoms with Gasteiger partial charge < -0.3 is 24.0 Å². The molecule has 1 saturated heterocycles. The maximum Gasteiger partial charge on any atom is 0.290 e. The smallest absolute Gasteiger partial charge is 0.290 e. The number of hydrogen-bond acceptors (Lipinski definition) is 7. The number of pyridine rings is 1. The number of benzene rings is 2. The molecule has 222 valence electrons. The quantitative estimate of drug-likeness (QED) is 0.240. The van der Waals surface area contributed by atoms with Crippen molar-refractivity contribution in [2.24, 2.45) is 5.92 Å². The standard InChI is InChI=1S/C30H28ClFN6O2.CH2O2/c1-19-5-8-25-27(9-19)38(11-20-16-39-17-20)29(33-25)15-37-13-22-12-36(14-26(22)35-37)28-3-2-4-30(34-28)40-18-21-6-7-23(31)10-24(21)32;2-1-3/h2-10,13,20H,11-12,14-18H2,1H3;1H,(H,2,3). The SMILES string of the molecule is Cc1ccc2nc(Cn3cc4c(n3)CN(c3cccc(OCc5ccc(Cl)cc5F)n3)C4)n(CC3COC3)c2c1.O=CO. The van der Waals surface area contributed by atoms with Gasteiger partial charge in [-0.2, -0.15) is 10.1 Å². The molecule has 0 atom stereocenters. The maximum absolute atomic E-state index is 14.1. The van der Waals surface area contributed by atoms with E-state index in [2.05, 4.69) is 45.8 Å². The van der Waals surface area contributed by atoms with Gasteiger partial charge in [0.05, 0.1) is 43.0 Å². The van der Waals surface area contributed by atoms with Crippen LogP contribution in [0.4, 0.5) is 10.2 Å². The minimum atomic E-state index is -0.395. The summed E-state index contributed by atoms with van der Waals surface area (Å²) in [5, 5.41) is 12.1. The Labute approximate surface area is 252 Å². The highest BCUT2D eigenvalue weighted by Gasteiger charge is 2.26. The molecule has 0 spiro atoms. The van der Waals surface area contributed by atoms with E-state index in [-0.39, 0.29) is 13.1 Å². The molecule has 0 radical (unpaired) electrons. The van der Waals surface area contributed by atoms with E-state index in [0.717, 1.165) is 42.6 Å². The number of halogens is 2. The van der Waals surface area contributed by atoms with Gasteiger partial charge in [-0.1, -0.05) is 29.8 Å². The van der Waals surface area contributed by atoms with E-state index in [1.54, 1.807) is 18.2 Å². The van der Waals surface area contributed by atoms with Crippen molar-refractivity contribution < 1.29 is 23.8 Å². The number of carboxylic acid groups (broad SMARTS) is 1. The normalized spacial score (nSPS) is 14.3. The van der Waals surface area contributed by atoms with Crippen LogP contribution in [0.15, 0.2) is 60.8 Å². The molecule has 7 rings (SSSR count). The van der Waals surface area contributed by atoms with Crippen LogP contribution in [0, 0.1) is 18.7 Å². The van der Waals surface area contributed by atoms with Crippen molar-refractivity contribution in [2.45, 2.75) is 39.7 Å². The number of ether oxygens (including phenoxy) is 2. The van der Waals surface area contributed by atoms with Crippen LogP contribution in [0.1, 0.15) is 28.2 Å². The molecule has 5 heterocycles. The van der Waals surface area contributed by atoms with Gasteiger partial charge in [0.1, 0.15) is 24.1 Å². The van der Waals surface area contributed by atoms with Gasteiger partial charge in [0.2, 0.25) is 5.88 Å². The minimum absolute atomic E-state index is 0.0738. The molecule has 0 saturated carbocycles. The Balaban J connectivity index is 0.00000105. The number of nitrogens with zero attached hydrogens (tertiary/aromatic N) is 6. The molecule has 0 amide bonds. The molecule has 1 N–H and O–H groups in total. The fourth-order valence-electron chi connectivity index (χ4n) is 5.30. The highest BCUT2D eigenvalue weighted by Crippen LogP contribution is 2.29. The van der Waals surface area contributed by atoms with E-state index < -0.39 is 5.82 Å². The van der Waals surface area contributed by atoms with Crippen LogP contribution in [-0.2, 0) is 42.3 Å². The summed E-state index contributed by atoms with van der Waals surface area (Å²) < 4.78 is 29.7. The van der Waals surface area contributed by atoms with Gasteiger partial charge in [-0.05, 0) is 42.8 Å². The zero-order chi connectivity index (χ0) is 29.9. The lowest BCUT2D eigenvalue weighted by Gasteiger charge is -2.27. The van der Waals surface area contributed by atoms with E-state index in [1.807, 2.05) is 16.8 Å². The van der Waals surface area contributed by atoms with Gasteiger partial charge >= 0.3 is 0 Å². The van der Waals surface area contributed by atoms with Crippen molar-refractivity contribution in [3.63, 3.8) is 0 Å². The topological polar surface area (TPSA) is 108 Å². The van der Waals surface area contributed by atoms with Crippen LogP contribution in [0.3, 0.4) is 0 Å². The average Bonchev–Trinajstić information content (AvgIpc) is 3.62. The fraction of sp³-hybridized carbons (Fsp3) is 0.290. The van der Waals surface area contributed by atoms with E-state index in [0.29, 0.717) is 42.0 Å². The molecule has 5 aromatic rings. The number of rotatable bonds is 8. The number of hydrogen-bond donors (Lipinski definition) is 1. The van der Waals surface area contributed by atoms with Gasteiger partial charge in [-0.15, -0.1) is 0 Å². The lowest BCUT2D eigenvalue weighted by molar-refractivity contribution is -0.122. The zero-order valence-electron chi connectivity index (χ0n) is 23.5. The number of carbonyl (C=O) groups is 1. The number of anilines is 1. The molecular formula is C31H30ClFN6O4. The lowest BCUT2D eigenvalue weighted by atomic mass is 10.1.